The van der Waals surface area contributed by atoms with E-state index in [1.165, 1.54) is 14.0 Å². The van der Waals surface area contributed by atoms with Crippen molar-refractivity contribution in [2.75, 3.05) is 13.7 Å². The van der Waals surface area contributed by atoms with Crippen LogP contribution in [0.1, 0.15) is 6.92 Å². The minimum absolute atomic E-state index is 0.150. The number of hydrogen-bond acceptors (Lipinski definition) is 4. The van der Waals surface area contributed by atoms with Gasteiger partial charge in [-0.2, -0.15) is 0 Å². The summed E-state index contributed by atoms with van der Waals surface area (Å²) in [5.74, 6) is -1.02. The Balaban J connectivity index is 4.25. The highest BCUT2D eigenvalue weighted by atomic mass is 16.5. The maximum absolute atomic E-state index is 10.9. The molecule has 1 atom stereocenters. The molecule has 0 aliphatic carbocycles. The highest BCUT2D eigenvalue weighted by molar-refractivity contribution is 5.83. The van der Waals surface area contributed by atoms with Crippen molar-refractivity contribution in [1.82, 2.24) is 5.32 Å². The molecule has 0 saturated carbocycles. The van der Waals surface area contributed by atoms with E-state index < -0.39 is 12.0 Å². The first-order valence-corrected chi connectivity index (χ1v) is 3.47. The molecule has 0 aliphatic rings. The summed E-state index contributed by atoms with van der Waals surface area (Å²) in [5.41, 5.74) is 8.00. The maximum atomic E-state index is 10.9. The molecular formula is C6H10N4O3. The van der Waals surface area contributed by atoms with Gasteiger partial charge in [0.15, 0.2) is 0 Å². The third kappa shape index (κ3) is 4.65. The number of rotatable bonds is 4. The van der Waals surface area contributed by atoms with Crippen LogP contribution in [-0.2, 0) is 14.3 Å². The normalized spacial score (nSPS) is 10.9. The van der Waals surface area contributed by atoms with Crippen molar-refractivity contribution in [3.05, 3.63) is 10.4 Å². The number of nitrogens with zero attached hydrogens (tertiary/aromatic N) is 3. The maximum Gasteiger partial charge on any atom is 0.328 e. The average Bonchev–Trinajstić information content (AvgIpc) is 2.10. The number of ether oxygens (including phenoxy) is 1. The molecule has 1 amide bonds. The number of carbonyl (C=O) groups is 2. The zero-order valence-corrected chi connectivity index (χ0v) is 7.35. The van der Waals surface area contributed by atoms with Gasteiger partial charge in [0.2, 0.25) is 5.91 Å². The van der Waals surface area contributed by atoms with Gasteiger partial charge in [-0.15, -0.1) is 0 Å². The Morgan fingerprint density at radius 1 is 1.69 bits per heavy atom. The van der Waals surface area contributed by atoms with E-state index in [4.69, 9.17) is 5.53 Å². The minimum atomic E-state index is -0.904. The van der Waals surface area contributed by atoms with E-state index >= 15 is 0 Å². The molecule has 0 bridgehead atoms. The summed E-state index contributed by atoms with van der Waals surface area (Å²) in [6.45, 7) is 1.11. The molecule has 0 fully saturated rings. The van der Waals surface area contributed by atoms with E-state index in [0.29, 0.717) is 0 Å². The lowest BCUT2D eigenvalue weighted by molar-refractivity contribution is -0.144. The SMILES string of the molecule is COC(=O)[C@@H](CN=[N+]=[N-])NC(C)=O. The molecule has 0 radical (unpaired) electrons. The topological polar surface area (TPSA) is 104 Å². The van der Waals surface area contributed by atoms with Gasteiger partial charge in [0.1, 0.15) is 6.04 Å². The summed E-state index contributed by atoms with van der Waals surface area (Å²) in [5, 5.41) is 5.45. The molecule has 7 nitrogen and oxygen atoms in total. The fourth-order valence-corrected chi connectivity index (χ4v) is 0.685. The van der Waals surface area contributed by atoms with Crippen LogP contribution < -0.4 is 5.32 Å². The average molecular weight is 186 g/mol. The number of nitrogens with one attached hydrogen (secondary N) is 1. The molecule has 0 aromatic rings. The fourth-order valence-electron chi connectivity index (χ4n) is 0.685. The van der Waals surface area contributed by atoms with Crippen LogP contribution in [0.3, 0.4) is 0 Å². The summed E-state index contributed by atoms with van der Waals surface area (Å²) in [7, 11) is 1.19. The van der Waals surface area contributed by atoms with Crippen molar-refractivity contribution in [2.45, 2.75) is 13.0 Å². The van der Waals surface area contributed by atoms with E-state index in [1.807, 2.05) is 0 Å². The lowest BCUT2D eigenvalue weighted by Gasteiger charge is -2.11. The monoisotopic (exact) mass is 186 g/mol. The van der Waals surface area contributed by atoms with Crippen molar-refractivity contribution in [3.8, 4) is 0 Å². The molecule has 0 rings (SSSR count). The molecule has 0 saturated heterocycles. The largest absolute Gasteiger partial charge is 0.467 e. The third-order valence-electron chi connectivity index (χ3n) is 1.19. The van der Waals surface area contributed by atoms with Gasteiger partial charge in [-0.3, -0.25) is 4.79 Å². The van der Waals surface area contributed by atoms with Crippen LogP contribution >= 0.6 is 0 Å². The van der Waals surface area contributed by atoms with Gasteiger partial charge in [-0.1, -0.05) is 5.11 Å². The summed E-state index contributed by atoms with van der Waals surface area (Å²) in [6, 6.07) is -0.904. The van der Waals surface area contributed by atoms with E-state index in [1.54, 1.807) is 0 Å². The van der Waals surface area contributed by atoms with E-state index in [-0.39, 0.29) is 12.5 Å². The van der Waals surface area contributed by atoms with Crippen LogP contribution in [0, 0.1) is 0 Å². The number of methoxy groups -OCH3 is 1. The van der Waals surface area contributed by atoms with Crippen LogP contribution in [-0.4, -0.2) is 31.6 Å². The lowest BCUT2D eigenvalue weighted by Crippen LogP contribution is -2.42. The molecule has 0 aromatic heterocycles. The lowest BCUT2D eigenvalue weighted by atomic mass is 10.3. The van der Waals surface area contributed by atoms with Gasteiger partial charge in [0.25, 0.3) is 0 Å². The Hall–Kier alpha value is -1.75. The fraction of sp³-hybridized carbons (Fsp3) is 0.667. The number of azide groups is 1. The Labute approximate surface area is 74.7 Å². The Bertz CT molecular complexity index is 242. The summed E-state index contributed by atoms with van der Waals surface area (Å²) in [4.78, 5) is 24.0. The highest BCUT2D eigenvalue weighted by Gasteiger charge is 2.18. The zero-order chi connectivity index (χ0) is 10.3. The standard InChI is InChI=1S/C6H10N4O3/c1-4(11)9-5(3-8-10-7)6(12)13-2/h5H,3H2,1-2H3,(H,9,11)/t5-/m1/s1. The molecular weight excluding hydrogens is 176 g/mol. The summed E-state index contributed by atoms with van der Waals surface area (Å²) < 4.78 is 4.37. The van der Waals surface area contributed by atoms with Crippen LogP contribution in [0.15, 0.2) is 5.11 Å². The second-order valence-corrected chi connectivity index (χ2v) is 2.19. The van der Waals surface area contributed by atoms with Crippen molar-refractivity contribution in [1.29, 1.82) is 0 Å². The van der Waals surface area contributed by atoms with Crippen molar-refractivity contribution < 1.29 is 14.3 Å². The highest BCUT2D eigenvalue weighted by Crippen LogP contribution is 1.89. The molecule has 7 heteroatoms. The molecule has 0 spiro atoms. The van der Waals surface area contributed by atoms with Gasteiger partial charge >= 0.3 is 5.97 Å². The first-order valence-electron chi connectivity index (χ1n) is 3.47. The summed E-state index contributed by atoms with van der Waals surface area (Å²) in [6.07, 6.45) is 0. The van der Waals surface area contributed by atoms with Crippen molar-refractivity contribution in [2.24, 2.45) is 5.11 Å². The molecule has 1 N–H and O–H groups in total. The predicted molar refractivity (Wildman–Crippen MR) is 43.6 cm³/mol. The number of amides is 1. The second kappa shape index (κ2) is 5.84. The van der Waals surface area contributed by atoms with E-state index in [0.717, 1.165) is 0 Å². The summed E-state index contributed by atoms with van der Waals surface area (Å²) >= 11 is 0. The van der Waals surface area contributed by atoms with Gasteiger partial charge in [-0.05, 0) is 5.53 Å². The zero-order valence-electron chi connectivity index (χ0n) is 7.35. The minimum Gasteiger partial charge on any atom is -0.467 e. The van der Waals surface area contributed by atoms with Crippen LogP contribution in [0.25, 0.3) is 10.4 Å². The molecule has 0 heterocycles. The molecule has 0 aromatic carbocycles. The molecule has 72 valence electrons. The van der Waals surface area contributed by atoms with Crippen LogP contribution in [0.5, 0.6) is 0 Å². The number of carbonyl (C=O) groups excluding carboxylic acids is 2. The quantitative estimate of drug-likeness (QED) is 0.288. The van der Waals surface area contributed by atoms with Gasteiger partial charge in [-0.25, -0.2) is 4.79 Å². The van der Waals surface area contributed by atoms with E-state index in [9.17, 15) is 9.59 Å². The van der Waals surface area contributed by atoms with Gasteiger partial charge in [0.05, 0.1) is 13.7 Å². The Kier molecular flexibility index (Phi) is 5.06. The molecule has 0 aliphatic heterocycles. The first kappa shape index (κ1) is 11.2. The Morgan fingerprint density at radius 3 is 2.69 bits per heavy atom. The second-order valence-electron chi connectivity index (χ2n) is 2.19. The molecule has 13 heavy (non-hydrogen) atoms. The third-order valence-corrected chi connectivity index (χ3v) is 1.19. The van der Waals surface area contributed by atoms with Crippen LogP contribution in [0.4, 0.5) is 0 Å². The van der Waals surface area contributed by atoms with Crippen LogP contribution in [0.2, 0.25) is 0 Å². The van der Waals surface area contributed by atoms with Gasteiger partial charge < -0.3 is 10.1 Å². The van der Waals surface area contributed by atoms with Crippen molar-refractivity contribution >= 4 is 11.9 Å². The first-order chi connectivity index (χ1) is 6.11. The molecule has 0 unspecified atom stereocenters. The van der Waals surface area contributed by atoms with Gasteiger partial charge in [0, 0.05) is 11.8 Å². The van der Waals surface area contributed by atoms with E-state index in [2.05, 4.69) is 20.1 Å². The predicted octanol–water partition coefficient (Wildman–Crippen LogP) is -0.0256. The Morgan fingerprint density at radius 2 is 2.31 bits per heavy atom. The smallest absolute Gasteiger partial charge is 0.328 e. The number of esters is 1. The number of hydrogen-bond donors (Lipinski definition) is 1. The van der Waals surface area contributed by atoms with Crippen molar-refractivity contribution in [3.63, 3.8) is 0 Å².